The van der Waals surface area contributed by atoms with Gasteiger partial charge in [-0.05, 0) is 0 Å². The molecule has 1 atom stereocenters. The minimum Gasteiger partial charge on any atom is -0.468 e. The lowest BCUT2D eigenvalue weighted by Crippen LogP contribution is -2.33. The van der Waals surface area contributed by atoms with Crippen molar-refractivity contribution in [1.82, 2.24) is 15.2 Å². The number of carbonyl (C=O) groups is 1. The van der Waals surface area contributed by atoms with E-state index in [4.69, 9.17) is 5.73 Å². The minimum absolute atomic E-state index is 0. The molecule has 0 aliphatic carbocycles. The van der Waals surface area contributed by atoms with Crippen LogP contribution in [-0.2, 0) is 16.0 Å². The zero-order chi connectivity index (χ0) is 8.97. The van der Waals surface area contributed by atoms with Gasteiger partial charge in [0.1, 0.15) is 12.4 Å². The normalized spacial score (nSPS) is 11.5. The Balaban J connectivity index is 0.00000144. The molecule has 74 valence electrons. The fraction of sp³-hybridized carbons (Fsp3) is 0.500. The Morgan fingerprint density at radius 3 is 3.00 bits per heavy atom. The lowest BCUT2D eigenvalue weighted by atomic mass is 10.2. The summed E-state index contributed by atoms with van der Waals surface area (Å²) in [6.07, 6.45) is 1.72. The molecule has 0 spiro atoms. The summed E-state index contributed by atoms with van der Waals surface area (Å²) in [6, 6.07) is -0.689. The first-order chi connectivity index (χ1) is 5.74. The Hall–Kier alpha value is -1.14. The first-order valence-corrected chi connectivity index (χ1v) is 3.42. The number of ether oxygens (including phenoxy) is 1. The van der Waals surface area contributed by atoms with Crippen LogP contribution in [0.1, 0.15) is 5.82 Å². The molecule has 1 unspecified atom stereocenters. The SMILES string of the molecule is COC(=O)C(N)Cc1nc[nH]n1.Cl. The standard InChI is InChI=1S/C6H10N4O2.ClH/c1-12-6(11)4(7)2-5-8-3-9-10-5;/h3-4H,2,7H2,1H3,(H,8,9,10);1H. The van der Waals surface area contributed by atoms with Gasteiger partial charge in [0, 0.05) is 6.42 Å². The lowest BCUT2D eigenvalue weighted by molar-refractivity contribution is -0.142. The summed E-state index contributed by atoms with van der Waals surface area (Å²) < 4.78 is 4.43. The molecule has 6 nitrogen and oxygen atoms in total. The highest BCUT2D eigenvalue weighted by molar-refractivity contribution is 5.85. The molecule has 3 N–H and O–H groups in total. The zero-order valence-corrected chi connectivity index (χ0v) is 7.87. The molecule has 0 aromatic carbocycles. The predicted octanol–water partition coefficient (Wildman–Crippen LogP) is -0.731. The number of nitrogens with zero attached hydrogens (tertiary/aromatic N) is 2. The van der Waals surface area contributed by atoms with E-state index < -0.39 is 12.0 Å². The van der Waals surface area contributed by atoms with Gasteiger partial charge in [-0.1, -0.05) is 0 Å². The van der Waals surface area contributed by atoms with E-state index in [1.165, 1.54) is 13.4 Å². The van der Waals surface area contributed by atoms with E-state index in [-0.39, 0.29) is 18.8 Å². The molecule has 0 bridgehead atoms. The molecule has 0 saturated heterocycles. The van der Waals surface area contributed by atoms with Gasteiger partial charge in [0.2, 0.25) is 0 Å². The van der Waals surface area contributed by atoms with Crippen LogP contribution in [0.25, 0.3) is 0 Å². The number of rotatable bonds is 3. The van der Waals surface area contributed by atoms with Gasteiger partial charge in [0.05, 0.1) is 7.11 Å². The number of halogens is 1. The number of nitrogens with one attached hydrogen (secondary N) is 1. The van der Waals surface area contributed by atoms with E-state index in [0.29, 0.717) is 5.82 Å². The second kappa shape index (κ2) is 5.50. The largest absolute Gasteiger partial charge is 0.468 e. The summed E-state index contributed by atoms with van der Waals surface area (Å²) >= 11 is 0. The van der Waals surface area contributed by atoms with E-state index in [2.05, 4.69) is 19.9 Å². The Kier molecular flexibility index (Phi) is 5.01. The average Bonchev–Trinajstić information content (AvgIpc) is 2.55. The van der Waals surface area contributed by atoms with E-state index in [1.807, 2.05) is 0 Å². The summed E-state index contributed by atoms with van der Waals surface area (Å²) in [5.41, 5.74) is 5.45. The average molecular weight is 207 g/mol. The number of hydrogen-bond donors (Lipinski definition) is 2. The van der Waals surface area contributed by atoms with Crippen LogP contribution in [0.2, 0.25) is 0 Å². The number of nitrogens with two attached hydrogens (primary N) is 1. The summed E-state index contributed by atoms with van der Waals surface area (Å²) in [4.78, 5) is 14.6. The van der Waals surface area contributed by atoms with Crippen molar-refractivity contribution >= 4 is 18.4 Å². The van der Waals surface area contributed by atoms with Crippen molar-refractivity contribution in [2.24, 2.45) is 5.73 Å². The van der Waals surface area contributed by atoms with Crippen LogP contribution in [-0.4, -0.2) is 34.3 Å². The third-order valence-corrected chi connectivity index (χ3v) is 1.37. The van der Waals surface area contributed by atoms with E-state index >= 15 is 0 Å². The molecule has 1 aromatic heterocycles. The second-order valence-corrected chi connectivity index (χ2v) is 2.25. The summed E-state index contributed by atoms with van der Waals surface area (Å²) in [5.74, 6) is 0.0488. The van der Waals surface area contributed by atoms with Crippen LogP contribution in [0.15, 0.2) is 6.33 Å². The van der Waals surface area contributed by atoms with Gasteiger partial charge in [0.15, 0.2) is 5.82 Å². The van der Waals surface area contributed by atoms with Crippen LogP contribution in [0.3, 0.4) is 0 Å². The van der Waals surface area contributed by atoms with Crippen molar-refractivity contribution in [3.05, 3.63) is 12.2 Å². The third kappa shape index (κ3) is 3.39. The summed E-state index contributed by atoms with van der Waals surface area (Å²) in [6.45, 7) is 0. The number of aromatic nitrogens is 3. The molecular weight excluding hydrogens is 196 g/mol. The maximum Gasteiger partial charge on any atom is 0.323 e. The molecule has 0 saturated carbocycles. The van der Waals surface area contributed by atoms with Gasteiger partial charge >= 0.3 is 5.97 Å². The molecule has 1 heterocycles. The molecule has 1 rings (SSSR count). The third-order valence-electron chi connectivity index (χ3n) is 1.37. The van der Waals surface area contributed by atoms with Gasteiger partial charge in [-0.3, -0.25) is 9.89 Å². The summed E-state index contributed by atoms with van der Waals surface area (Å²) in [7, 11) is 1.29. The maximum absolute atomic E-state index is 10.8. The number of esters is 1. The second-order valence-electron chi connectivity index (χ2n) is 2.25. The molecule has 13 heavy (non-hydrogen) atoms. The Morgan fingerprint density at radius 2 is 2.54 bits per heavy atom. The van der Waals surface area contributed by atoms with E-state index in [0.717, 1.165) is 0 Å². The minimum atomic E-state index is -0.689. The highest BCUT2D eigenvalue weighted by atomic mass is 35.5. The molecule has 7 heteroatoms. The number of methoxy groups -OCH3 is 1. The number of carbonyl (C=O) groups excluding carboxylic acids is 1. The van der Waals surface area contributed by atoms with Gasteiger partial charge in [-0.2, -0.15) is 5.10 Å². The monoisotopic (exact) mass is 206 g/mol. The van der Waals surface area contributed by atoms with Gasteiger partial charge in [-0.25, -0.2) is 4.98 Å². The first-order valence-electron chi connectivity index (χ1n) is 3.42. The van der Waals surface area contributed by atoms with Crippen molar-refractivity contribution in [3.63, 3.8) is 0 Å². The highest BCUT2D eigenvalue weighted by Gasteiger charge is 2.15. The van der Waals surface area contributed by atoms with Crippen LogP contribution >= 0.6 is 12.4 Å². The summed E-state index contributed by atoms with van der Waals surface area (Å²) in [5, 5.41) is 6.27. The molecule has 0 radical (unpaired) electrons. The van der Waals surface area contributed by atoms with Gasteiger partial charge in [0.25, 0.3) is 0 Å². The lowest BCUT2D eigenvalue weighted by Gasteiger charge is -2.05. The topological polar surface area (TPSA) is 93.9 Å². The van der Waals surface area contributed by atoms with E-state index in [1.54, 1.807) is 0 Å². The van der Waals surface area contributed by atoms with Gasteiger partial charge in [-0.15, -0.1) is 12.4 Å². The molecular formula is C6H11ClN4O2. The Bertz CT molecular complexity index is 251. The van der Waals surface area contributed by atoms with Crippen LogP contribution < -0.4 is 5.73 Å². The molecule has 0 aliphatic heterocycles. The van der Waals surface area contributed by atoms with Crippen molar-refractivity contribution in [2.45, 2.75) is 12.5 Å². The van der Waals surface area contributed by atoms with Crippen molar-refractivity contribution < 1.29 is 9.53 Å². The molecule has 0 fully saturated rings. The Labute approximate surface area is 81.3 Å². The fourth-order valence-corrected chi connectivity index (χ4v) is 0.765. The quantitative estimate of drug-likeness (QED) is 0.636. The predicted molar refractivity (Wildman–Crippen MR) is 47.3 cm³/mol. The van der Waals surface area contributed by atoms with Crippen LogP contribution in [0.5, 0.6) is 0 Å². The van der Waals surface area contributed by atoms with E-state index in [9.17, 15) is 4.79 Å². The van der Waals surface area contributed by atoms with Crippen LogP contribution in [0.4, 0.5) is 0 Å². The maximum atomic E-state index is 10.8. The molecule has 0 aliphatic rings. The number of aromatic amines is 1. The zero-order valence-electron chi connectivity index (χ0n) is 7.06. The Morgan fingerprint density at radius 1 is 1.85 bits per heavy atom. The van der Waals surface area contributed by atoms with Crippen molar-refractivity contribution in [2.75, 3.05) is 7.11 Å². The molecule has 1 aromatic rings. The van der Waals surface area contributed by atoms with Crippen LogP contribution in [0, 0.1) is 0 Å². The smallest absolute Gasteiger partial charge is 0.323 e. The first kappa shape index (κ1) is 11.9. The number of hydrogen-bond acceptors (Lipinski definition) is 5. The molecule has 0 amide bonds. The number of H-pyrrole nitrogens is 1. The van der Waals surface area contributed by atoms with Crippen molar-refractivity contribution in [3.8, 4) is 0 Å². The fourth-order valence-electron chi connectivity index (χ4n) is 0.765. The highest BCUT2D eigenvalue weighted by Crippen LogP contribution is 1.93. The van der Waals surface area contributed by atoms with Gasteiger partial charge < -0.3 is 10.5 Å². The van der Waals surface area contributed by atoms with Crippen molar-refractivity contribution in [1.29, 1.82) is 0 Å².